The molecule has 3 unspecified atom stereocenters. The minimum Gasteiger partial charge on any atom is -0.389 e. The van der Waals surface area contributed by atoms with Gasteiger partial charge in [0.1, 0.15) is 0 Å². The fourth-order valence-electron chi connectivity index (χ4n) is 2.53. The standard InChI is InChI=1S/C19H25ClN2O2/c1-14(16-8-10-21-11-9-16)22(3)12-19(23)13-24-15(2)17-4-6-18(20)7-5-17/h4-11,14-15,19,23H,12-13H2,1-3H3. The number of ether oxygens (including phenoxy) is 1. The molecule has 0 radical (unpaired) electrons. The highest BCUT2D eigenvalue weighted by Crippen LogP contribution is 2.20. The molecule has 2 rings (SSSR count). The van der Waals surface area contributed by atoms with Gasteiger partial charge in [-0.1, -0.05) is 23.7 Å². The van der Waals surface area contributed by atoms with Crippen molar-refractivity contribution < 1.29 is 9.84 Å². The average molecular weight is 349 g/mol. The van der Waals surface area contributed by atoms with Crippen LogP contribution in [0.5, 0.6) is 0 Å². The van der Waals surface area contributed by atoms with Crippen LogP contribution in [-0.2, 0) is 4.74 Å². The van der Waals surface area contributed by atoms with Crippen molar-refractivity contribution >= 4 is 11.6 Å². The Morgan fingerprint density at radius 2 is 1.71 bits per heavy atom. The van der Waals surface area contributed by atoms with Crippen molar-refractivity contribution in [3.8, 4) is 0 Å². The molecule has 0 aliphatic carbocycles. The van der Waals surface area contributed by atoms with Crippen LogP contribution >= 0.6 is 11.6 Å². The van der Waals surface area contributed by atoms with Crippen LogP contribution in [0.3, 0.4) is 0 Å². The van der Waals surface area contributed by atoms with Gasteiger partial charge >= 0.3 is 0 Å². The van der Waals surface area contributed by atoms with Crippen LogP contribution in [0, 0.1) is 0 Å². The van der Waals surface area contributed by atoms with Crippen molar-refractivity contribution in [3.05, 3.63) is 64.9 Å². The first kappa shape index (κ1) is 18.9. The Kier molecular flexibility index (Phi) is 7.18. The molecule has 1 N–H and O–H groups in total. The van der Waals surface area contributed by atoms with E-state index in [1.807, 2.05) is 50.4 Å². The van der Waals surface area contributed by atoms with Crippen LogP contribution < -0.4 is 0 Å². The Bertz CT molecular complexity index is 607. The van der Waals surface area contributed by atoms with Crippen LogP contribution in [0.15, 0.2) is 48.8 Å². The van der Waals surface area contributed by atoms with Gasteiger partial charge in [-0.3, -0.25) is 9.88 Å². The highest BCUT2D eigenvalue weighted by Gasteiger charge is 2.16. The number of pyridine rings is 1. The third kappa shape index (κ3) is 5.56. The summed E-state index contributed by atoms with van der Waals surface area (Å²) in [5.74, 6) is 0. The Balaban J connectivity index is 1.80. The molecule has 2 aromatic rings. The Labute approximate surface area is 149 Å². The van der Waals surface area contributed by atoms with E-state index in [0.717, 1.165) is 5.56 Å². The summed E-state index contributed by atoms with van der Waals surface area (Å²) in [6.07, 6.45) is 2.94. The lowest BCUT2D eigenvalue weighted by Crippen LogP contribution is -2.34. The van der Waals surface area contributed by atoms with Crippen molar-refractivity contribution in [2.45, 2.75) is 32.1 Å². The number of halogens is 1. The molecule has 4 nitrogen and oxygen atoms in total. The van der Waals surface area contributed by atoms with E-state index < -0.39 is 6.10 Å². The van der Waals surface area contributed by atoms with E-state index in [1.54, 1.807) is 12.4 Å². The molecule has 0 saturated heterocycles. The first-order valence-corrected chi connectivity index (χ1v) is 8.50. The molecule has 3 atom stereocenters. The third-order valence-electron chi connectivity index (χ3n) is 4.23. The van der Waals surface area contributed by atoms with Crippen molar-refractivity contribution in [3.63, 3.8) is 0 Å². The van der Waals surface area contributed by atoms with Crippen LogP contribution in [0.4, 0.5) is 0 Å². The summed E-state index contributed by atoms with van der Waals surface area (Å²) < 4.78 is 5.79. The number of aromatic nitrogens is 1. The van der Waals surface area contributed by atoms with Gasteiger partial charge in [0.25, 0.3) is 0 Å². The van der Waals surface area contributed by atoms with E-state index in [9.17, 15) is 5.11 Å². The van der Waals surface area contributed by atoms with Gasteiger partial charge in [-0.2, -0.15) is 0 Å². The van der Waals surface area contributed by atoms with Crippen LogP contribution in [0.2, 0.25) is 5.02 Å². The second kappa shape index (κ2) is 9.14. The van der Waals surface area contributed by atoms with Crippen molar-refractivity contribution in [2.24, 2.45) is 0 Å². The lowest BCUT2D eigenvalue weighted by atomic mass is 10.1. The van der Waals surface area contributed by atoms with Crippen molar-refractivity contribution in [2.75, 3.05) is 20.2 Å². The normalized spacial score (nSPS) is 15.2. The molecule has 1 aromatic carbocycles. The van der Waals surface area contributed by atoms with E-state index in [1.165, 1.54) is 5.56 Å². The molecule has 0 saturated carbocycles. The number of hydrogen-bond acceptors (Lipinski definition) is 4. The highest BCUT2D eigenvalue weighted by molar-refractivity contribution is 6.30. The molecule has 0 fully saturated rings. The summed E-state index contributed by atoms with van der Waals surface area (Å²) in [6, 6.07) is 11.8. The summed E-state index contributed by atoms with van der Waals surface area (Å²) >= 11 is 5.89. The number of benzene rings is 1. The van der Waals surface area contributed by atoms with Gasteiger partial charge < -0.3 is 9.84 Å². The Morgan fingerprint density at radius 1 is 1.08 bits per heavy atom. The molecule has 1 heterocycles. The summed E-state index contributed by atoms with van der Waals surface area (Å²) in [5.41, 5.74) is 2.22. The van der Waals surface area contributed by atoms with Gasteiger partial charge in [0.2, 0.25) is 0 Å². The quantitative estimate of drug-likeness (QED) is 0.786. The lowest BCUT2D eigenvalue weighted by Gasteiger charge is -2.27. The third-order valence-corrected chi connectivity index (χ3v) is 4.48. The van der Waals surface area contributed by atoms with E-state index in [-0.39, 0.29) is 18.8 Å². The van der Waals surface area contributed by atoms with E-state index in [4.69, 9.17) is 16.3 Å². The van der Waals surface area contributed by atoms with Crippen LogP contribution in [0.25, 0.3) is 0 Å². The fraction of sp³-hybridized carbons (Fsp3) is 0.421. The summed E-state index contributed by atoms with van der Waals surface area (Å²) in [6.45, 7) is 4.91. The molecular formula is C19H25ClN2O2. The number of hydrogen-bond donors (Lipinski definition) is 1. The van der Waals surface area contributed by atoms with Crippen molar-refractivity contribution in [1.82, 2.24) is 9.88 Å². The SMILES string of the molecule is CC(OCC(O)CN(C)C(C)c1ccncc1)c1ccc(Cl)cc1. The number of nitrogens with zero attached hydrogens (tertiary/aromatic N) is 2. The minimum absolute atomic E-state index is 0.0835. The zero-order valence-corrected chi connectivity index (χ0v) is 15.1. The zero-order valence-electron chi connectivity index (χ0n) is 14.4. The van der Waals surface area contributed by atoms with Crippen molar-refractivity contribution in [1.29, 1.82) is 0 Å². The minimum atomic E-state index is -0.547. The smallest absolute Gasteiger partial charge is 0.0900 e. The molecule has 0 amide bonds. The summed E-state index contributed by atoms with van der Waals surface area (Å²) in [4.78, 5) is 6.14. The van der Waals surface area contributed by atoms with Gasteiger partial charge in [-0.15, -0.1) is 0 Å². The zero-order chi connectivity index (χ0) is 17.5. The first-order valence-electron chi connectivity index (χ1n) is 8.12. The molecule has 0 aliphatic rings. The molecule has 0 aliphatic heterocycles. The van der Waals surface area contributed by atoms with Gasteiger partial charge in [0, 0.05) is 30.0 Å². The summed E-state index contributed by atoms with van der Waals surface area (Å²) in [7, 11) is 2.00. The monoisotopic (exact) mass is 348 g/mol. The van der Waals surface area contributed by atoms with Gasteiger partial charge in [0.15, 0.2) is 0 Å². The maximum atomic E-state index is 10.3. The molecule has 0 bridgehead atoms. The predicted molar refractivity (Wildman–Crippen MR) is 97.1 cm³/mol. The number of likely N-dealkylation sites (N-methyl/N-ethyl adjacent to an activating group) is 1. The van der Waals surface area contributed by atoms with Gasteiger partial charge in [-0.05, 0) is 56.3 Å². The maximum Gasteiger partial charge on any atom is 0.0900 e. The Hall–Kier alpha value is -1.46. The van der Waals surface area contributed by atoms with E-state index in [2.05, 4.69) is 16.8 Å². The molecule has 1 aromatic heterocycles. The molecule has 24 heavy (non-hydrogen) atoms. The molecule has 5 heteroatoms. The average Bonchev–Trinajstić information content (AvgIpc) is 2.60. The molecule has 0 spiro atoms. The van der Waals surface area contributed by atoms with Crippen LogP contribution in [0.1, 0.15) is 37.1 Å². The topological polar surface area (TPSA) is 45.6 Å². The number of rotatable bonds is 8. The van der Waals surface area contributed by atoms with Gasteiger partial charge in [0.05, 0.1) is 18.8 Å². The lowest BCUT2D eigenvalue weighted by molar-refractivity contribution is -0.0166. The fourth-order valence-corrected chi connectivity index (χ4v) is 2.65. The van der Waals surface area contributed by atoms with Gasteiger partial charge in [-0.25, -0.2) is 0 Å². The molecule has 130 valence electrons. The maximum absolute atomic E-state index is 10.3. The Morgan fingerprint density at radius 3 is 2.33 bits per heavy atom. The second-order valence-electron chi connectivity index (χ2n) is 6.08. The van der Waals surface area contributed by atoms with E-state index in [0.29, 0.717) is 11.6 Å². The predicted octanol–water partition coefficient (Wildman–Crippen LogP) is 3.87. The number of aliphatic hydroxyl groups is 1. The second-order valence-corrected chi connectivity index (χ2v) is 6.51. The number of aliphatic hydroxyl groups excluding tert-OH is 1. The highest BCUT2D eigenvalue weighted by atomic mass is 35.5. The van der Waals surface area contributed by atoms with Crippen LogP contribution in [-0.4, -0.2) is 41.3 Å². The van der Waals surface area contributed by atoms with E-state index >= 15 is 0 Å². The largest absolute Gasteiger partial charge is 0.389 e. The molecular weight excluding hydrogens is 324 g/mol. The summed E-state index contributed by atoms with van der Waals surface area (Å²) in [5, 5.41) is 11.0. The first-order chi connectivity index (χ1) is 11.5.